The maximum atomic E-state index is 13.6. The second-order valence-corrected chi connectivity index (χ2v) is 5.19. The van der Waals surface area contributed by atoms with E-state index in [9.17, 15) is 9.18 Å². The van der Waals surface area contributed by atoms with Crippen molar-refractivity contribution in [3.63, 3.8) is 0 Å². The lowest BCUT2D eigenvalue weighted by atomic mass is 9.68. The lowest BCUT2D eigenvalue weighted by Gasteiger charge is -2.38. The van der Waals surface area contributed by atoms with E-state index in [4.69, 9.17) is 4.74 Å². The van der Waals surface area contributed by atoms with Gasteiger partial charge in [0.15, 0.2) is 0 Å². The van der Waals surface area contributed by atoms with Gasteiger partial charge in [-0.15, -0.1) is 0 Å². The maximum Gasteiger partial charge on any atom is 0.132 e. The summed E-state index contributed by atoms with van der Waals surface area (Å²) in [6, 6.07) is 4.62. The molecular weight excluding hydrogens is 245 g/mol. The van der Waals surface area contributed by atoms with Crippen molar-refractivity contribution in [2.75, 3.05) is 20.7 Å². The number of likely N-dealkylation sites (N-methyl/N-ethyl adjacent to an activating group) is 1. The largest absolute Gasteiger partial charge is 0.496 e. The highest BCUT2D eigenvalue weighted by Gasteiger charge is 2.38. The van der Waals surface area contributed by atoms with Crippen LogP contribution in [0.25, 0.3) is 0 Å². The molecule has 3 nitrogen and oxygen atoms in total. The number of benzene rings is 1. The number of hydrogen-bond acceptors (Lipinski definition) is 3. The van der Waals surface area contributed by atoms with Crippen LogP contribution in [0.1, 0.15) is 31.2 Å². The Bertz CT molecular complexity index is 463. The Hall–Kier alpha value is -1.42. The monoisotopic (exact) mass is 265 g/mol. The van der Waals surface area contributed by atoms with Gasteiger partial charge in [0.05, 0.1) is 7.11 Å². The van der Waals surface area contributed by atoms with E-state index in [1.807, 2.05) is 7.05 Å². The summed E-state index contributed by atoms with van der Waals surface area (Å²) in [5.74, 6) is 0.733. The molecule has 1 aromatic rings. The predicted octanol–water partition coefficient (Wildman–Crippen LogP) is 2.43. The van der Waals surface area contributed by atoms with Gasteiger partial charge in [-0.3, -0.25) is 4.79 Å². The smallest absolute Gasteiger partial charge is 0.132 e. The third-order valence-corrected chi connectivity index (χ3v) is 4.01. The van der Waals surface area contributed by atoms with Gasteiger partial charge in [-0.25, -0.2) is 4.39 Å². The number of halogens is 1. The van der Waals surface area contributed by atoms with Gasteiger partial charge in [-0.2, -0.15) is 0 Å². The van der Waals surface area contributed by atoms with Gasteiger partial charge in [0.25, 0.3) is 0 Å². The maximum absolute atomic E-state index is 13.6. The van der Waals surface area contributed by atoms with Crippen LogP contribution in [0.5, 0.6) is 5.75 Å². The summed E-state index contributed by atoms with van der Waals surface area (Å²) in [6.07, 6.45) is 2.60. The van der Waals surface area contributed by atoms with Crippen LogP contribution < -0.4 is 10.1 Å². The van der Waals surface area contributed by atoms with Gasteiger partial charge in [0, 0.05) is 30.4 Å². The van der Waals surface area contributed by atoms with Crippen molar-refractivity contribution in [3.05, 3.63) is 29.6 Å². The third-order valence-electron chi connectivity index (χ3n) is 4.01. The summed E-state index contributed by atoms with van der Waals surface area (Å²) < 4.78 is 19.0. The van der Waals surface area contributed by atoms with Crippen molar-refractivity contribution in [1.29, 1.82) is 0 Å². The zero-order valence-corrected chi connectivity index (χ0v) is 11.5. The second kappa shape index (κ2) is 5.70. The Morgan fingerprint density at radius 3 is 2.63 bits per heavy atom. The minimum Gasteiger partial charge on any atom is -0.496 e. The van der Waals surface area contributed by atoms with Crippen molar-refractivity contribution in [1.82, 2.24) is 5.32 Å². The van der Waals surface area contributed by atoms with Crippen LogP contribution in [0, 0.1) is 5.82 Å². The minimum absolute atomic E-state index is 0.212. The summed E-state index contributed by atoms with van der Waals surface area (Å²) in [5.41, 5.74) is 0.660. The van der Waals surface area contributed by atoms with E-state index in [-0.39, 0.29) is 11.2 Å². The number of hydrogen-bond donors (Lipinski definition) is 1. The first-order valence-corrected chi connectivity index (χ1v) is 6.61. The fourth-order valence-corrected chi connectivity index (χ4v) is 2.98. The Morgan fingerprint density at radius 1 is 1.37 bits per heavy atom. The predicted molar refractivity (Wildman–Crippen MR) is 72.0 cm³/mol. The van der Waals surface area contributed by atoms with Crippen LogP contribution in [-0.4, -0.2) is 26.5 Å². The standard InChI is InChI=1S/C15H20FNO2/c1-17-10-15(7-5-12(18)6-8-15)13-9-11(16)3-4-14(13)19-2/h3-4,9,17H,5-8,10H2,1-2H3. The van der Waals surface area contributed by atoms with E-state index in [2.05, 4.69) is 5.32 Å². The molecule has 1 aliphatic carbocycles. The molecule has 4 heteroatoms. The van der Waals surface area contributed by atoms with Crippen LogP contribution in [-0.2, 0) is 10.2 Å². The number of Topliss-reactive ketones (excluding diaryl/α,β-unsaturated/α-hetero) is 1. The highest BCUT2D eigenvalue weighted by atomic mass is 19.1. The highest BCUT2D eigenvalue weighted by Crippen LogP contribution is 2.42. The number of methoxy groups -OCH3 is 1. The highest BCUT2D eigenvalue weighted by molar-refractivity contribution is 5.79. The molecule has 0 amide bonds. The second-order valence-electron chi connectivity index (χ2n) is 5.19. The molecule has 1 aliphatic rings. The quantitative estimate of drug-likeness (QED) is 0.908. The number of ether oxygens (including phenoxy) is 1. The van der Waals surface area contributed by atoms with Gasteiger partial charge in [-0.1, -0.05) is 0 Å². The molecule has 0 radical (unpaired) electrons. The number of carbonyl (C=O) groups is 1. The van der Waals surface area contributed by atoms with Crippen LogP contribution in [0.4, 0.5) is 4.39 Å². The van der Waals surface area contributed by atoms with E-state index >= 15 is 0 Å². The first-order chi connectivity index (χ1) is 9.11. The lowest BCUT2D eigenvalue weighted by Crippen LogP contribution is -2.40. The average Bonchev–Trinajstić information content (AvgIpc) is 2.42. The number of nitrogens with one attached hydrogen (secondary N) is 1. The van der Waals surface area contributed by atoms with Gasteiger partial charge < -0.3 is 10.1 Å². The van der Waals surface area contributed by atoms with Gasteiger partial charge >= 0.3 is 0 Å². The third kappa shape index (κ3) is 2.78. The molecule has 1 fully saturated rings. The van der Waals surface area contributed by atoms with Crippen molar-refractivity contribution in [3.8, 4) is 5.75 Å². The molecule has 1 aromatic carbocycles. The normalized spacial score (nSPS) is 18.4. The molecule has 1 saturated carbocycles. The van der Waals surface area contributed by atoms with Crippen LogP contribution >= 0.6 is 0 Å². The Kier molecular flexibility index (Phi) is 4.20. The molecule has 1 N–H and O–H groups in total. The molecule has 104 valence electrons. The first-order valence-electron chi connectivity index (χ1n) is 6.61. The molecule has 0 aromatic heterocycles. The van der Waals surface area contributed by atoms with Crippen molar-refractivity contribution in [2.24, 2.45) is 0 Å². The molecule has 0 atom stereocenters. The van der Waals surface area contributed by atoms with Gasteiger partial charge in [0.1, 0.15) is 17.3 Å². The average molecular weight is 265 g/mol. The zero-order valence-electron chi connectivity index (χ0n) is 11.5. The van der Waals surface area contributed by atoms with E-state index in [0.29, 0.717) is 24.4 Å². The van der Waals surface area contributed by atoms with Crippen molar-refractivity contribution >= 4 is 5.78 Å². The van der Waals surface area contributed by atoms with Crippen LogP contribution in [0.15, 0.2) is 18.2 Å². The fraction of sp³-hybridized carbons (Fsp3) is 0.533. The zero-order chi connectivity index (χ0) is 13.9. The van der Waals surface area contributed by atoms with E-state index in [1.54, 1.807) is 19.2 Å². The molecule has 0 spiro atoms. The van der Waals surface area contributed by atoms with Crippen LogP contribution in [0.2, 0.25) is 0 Å². The lowest BCUT2D eigenvalue weighted by molar-refractivity contribution is -0.121. The summed E-state index contributed by atoms with van der Waals surface area (Å²) in [5, 5.41) is 3.17. The Balaban J connectivity index is 2.43. The molecule has 0 saturated heterocycles. The van der Waals surface area contributed by atoms with Crippen LogP contribution in [0.3, 0.4) is 0 Å². The van der Waals surface area contributed by atoms with Crippen molar-refractivity contribution in [2.45, 2.75) is 31.1 Å². The number of carbonyl (C=O) groups excluding carboxylic acids is 1. The number of rotatable bonds is 4. The fourth-order valence-electron chi connectivity index (χ4n) is 2.98. The van der Waals surface area contributed by atoms with E-state index in [1.165, 1.54) is 6.07 Å². The first kappa shape index (κ1) is 14.0. The topological polar surface area (TPSA) is 38.3 Å². The molecule has 0 bridgehead atoms. The summed E-state index contributed by atoms with van der Waals surface area (Å²) in [4.78, 5) is 11.5. The number of ketones is 1. The van der Waals surface area contributed by atoms with Gasteiger partial charge in [0.2, 0.25) is 0 Å². The summed E-state index contributed by atoms with van der Waals surface area (Å²) in [6.45, 7) is 0.722. The van der Waals surface area contributed by atoms with E-state index in [0.717, 1.165) is 24.9 Å². The molecule has 0 unspecified atom stereocenters. The minimum atomic E-state index is -0.261. The molecule has 19 heavy (non-hydrogen) atoms. The van der Waals surface area contributed by atoms with Gasteiger partial charge in [-0.05, 0) is 38.1 Å². The molecule has 0 heterocycles. The van der Waals surface area contributed by atoms with E-state index < -0.39 is 0 Å². The molecule has 2 rings (SSSR count). The summed E-state index contributed by atoms with van der Waals surface area (Å²) >= 11 is 0. The molecule has 0 aliphatic heterocycles. The summed E-state index contributed by atoms with van der Waals surface area (Å²) in [7, 11) is 3.47. The Morgan fingerprint density at radius 2 is 2.05 bits per heavy atom. The molecular formula is C15H20FNO2. The SMILES string of the molecule is CNCC1(c2cc(F)ccc2OC)CCC(=O)CC1. The van der Waals surface area contributed by atoms with Crippen molar-refractivity contribution < 1.29 is 13.9 Å². The Labute approximate surface area is 113 Å².